The van der Waals surface area contributed by atoms with Crippen molar-refractivity contribution in [3.63, 3.8) is 0 Å². The fourth-order valence-corrected chi connectivity index (χ4v) is 2.92. The molecule has 4 nitrogen and oxygen atoms in total. The second kappa shape index (κ2) is 6.61. The Bertz CT molecular complexity index is 431. The Morgan fingerprint density at radius 1 is 1.40 bits per heavy atom. The quantitative estimate of drug-likeness (QED) is 0.838. The summed E-state index contributed by atoms with van der Waals surface area (Å²) in [4.78, 5) is 8.65. The van der Waals surface area contributed by atoms with Gasteiger partial charge in [-0.15, -0.1) is 11.6 Å². The molecule has 1 saturated carbocycles. The molecule has 2 rings (SSSR count). The van der Waals surface area contributed by atoms with E-state index in [1.807, 2.05) is 13.8 Å². The number of rotatable bonds is 5. The number of aromatic nitrogens is 2. The molecule has 1 heterocycles. The molecule has 0 spiro atoms. The predicted molar refractivity (Wildman–Crippen MR) is 82.5 cm³/mol. The van der Waals surface area contributed by atoms with Crippen molar-refractivity contribution in [2.24, 2.45) is 5.92 Å². The first-order valence-corrected chi connectivity index (χ1v) is 7.89. The molecule has 0 atom stereocenters. The van der Waals surface area contributed by atoms with Crippen molar-refractivity contribution in [3.8, 4) is 5.88 Å². The molecule has 1 fully saturated rings. The lowest BCUT2D eigenvalue weighted by Gasteiger charge is -2.39. The van der Waals surface area contributed by atoms with E-state index in [-0.39, 0.29) is 11.6 Å². The Labute approximate surface area is 126 Å². The summed E-state index contributed by atoms with van der Waals surface area (Å²) in [6.07, 6.45) is 8.03. The van der Waals surface area contributed by atoms with Gasteiger partial charge in [0, 0.05) is 5.88 Å². The molecule has 0 amide bonds. The summed E-state index contributed by atoms with van der Waals surface area (Å²) in [7, 11) is 0. The Balaban J connectivity index is 2.07. The van der Waals surface area contributed by atoms with Crippen LogP contribution in [0.25, 0.3) is 0 Å². The molecule has 5 heteroatoms. The van der Waals surface area contributed by atoms with Crippen LogP contribution < -0.4 is 10.1 Å². The van der Waals surface area contributed by atoms with Gasteiger partial charge in [-0.25, -0.2) is 0 Å². The van der Waals surface area contributed by atoms with Crippen LogP contribution in [0.5, 0.6) is 5.88 Å². The molecule has 0 unspecified atom stereocenters. The van der Waals surface area contributed by atoms with E-state index in [2.05, 4.69) is 22.2 Å². The van der Waals surface area contributed by atoms with Gasteiger partial charge in [-0.3, -0.25) is 4.98 Å². The summed E-state index contributed by atoms with van der Waals surface area (Å²) in [5.74, 6) is 2.68. The molecule has 112 valence electrons. The number of ether oxygens (including phenoxy) is 1. The molecule has 0 aromatic carbocycles. The number of anilines is 1. The molecule has 0 aliphatic heterocycles. The third-order valence-corrected chi connectivity index (χ3v) is 4.36. The van der Waals surface area contributed by atoms with Crippen LogP contribution in [-0.2, 0) is 0 Å². The maximum Gasteiger partial charge on any atom is 0.234 e. The molecule has 0 saturated heterocycles. The molecule has 1 aliphatic carbocycles. The third kappa shape index (κ3) is 3.98. The molecule has 1 aliphatic rings. The SMILES string of the molecule is CC1CCC(CCl)(Nc2cncc(OC(C)C)n2)CC1. The molecular weight excluding hydrogens is 274 g/mol. The van der Waals surface area contributed by atoms with Gasteiger partial charge in [-0.05, 0) is 45.4 Å². The van der Waals surface area contributed by atoms with Gasteiger partial charge in [0.1, 0.15) is 5.82 Å². The molecule has 20 heavy (non-hydrogen) atoms. The van der Waals surface area contributed by atoms with Crippen LogP contribution >= 0.6 is 11.6 Å². The maximum absolute atomic E-state index is 6.22. The van der Waals surface area contributed by atoms with Crippen LogP contribution in [0.2, 0.25) is 0 Å². The van der Waals surface area contributed by atoms with Gasteiger partial charge in [0.05, 0.1) is 24.0 Å². The van der Waals surface area contributed by atoms with Gasteiger partial charge in [-0.1, -0.05) is 6.92 Å². The average Bonchev–Trinajstić information content (AvgIpc) is 2.41. The Kier molecular flexibility index (Phi) is 5.08. The third-order valence-electron chi connectivity index (χ3n) is 3.85. The second-order valence-corrected chi connectivity index (χ2v) is 6.40. The normalized spacial score (nSPS) is 26.6. The molecule has 1 aromatic rings. The van der Waals surface area contributed by atoms with E-state index < -0.39 is 0 Å². The van der Waals surface area contributed by atoms with Crippen molar-refractivity contribution in [1.29, 1.82) is 0 Å². The fourth-order valence-electron chi connectivity index (χ4n) is 2.59. The van der Waals surface area contributed by atoms with E-state index >= 15 is 0 Å². The van der Waals surface area contributed by atoms with Gasteiger partial charge in [0.25, 0.3) is 0 Å². The average molecular weight is 298 g/mol. The molecule has 0 radical (unpaired) electrons. The lowest BCUT2D eigenvalue weighted by atomic mass is 9.78. The van der Waals surface area contributed by atoms with E-state index in [4.69, 9.17) is 16.3 Å². The predicted octanol–water partition coefficient (Wildman–Crippen LogP) is 3.86. The van der Waals surface area contributed by atoms with E-state index in [1.165, 1.54) is 12.8 Å². The number of hydrogen-bond donors (Lipinski definition) is 1. The van der Waals surface area contributed by atoms with Crippen molar-refractivity contribution in [2.45, 2.75) is 58.1 Å². The number of alkyl halides is 1. The molecule has 1 aromatic heterocycles. The maximum atomic E-state index is 6.22. The van der Waals surface area contributed by atoms with Crippen LogP contribution in [0.4, 0.5) is 5.82 Å². The highest BCUT2D eigenvalue weighted by molar-refractivity contribution is 6.18. The minimum absolute atomic E-state index is 0.0563. The lowest BCUT2D eigenvalue weighted by molar-refractivity contribution is 0.231. The van der Waals surface area contributed by atoms with Crippen molar-refractivity contribution < 1.29 is 4.74 Å². The first-order chi connectivity index (χ1) is 9.53. The summed E-state index contributed by atoms with van der Waals surface area (Å²) >= 11 is 6.22. The monoisotopic (exact) mass is 297 g/mol. The van der Waals surface area contributed by atoms with Crippen molar-refractivity contribution >= 4 is 17.4 Å². The standard InChI is InChI=1S/C15H24ClN3O/c1-11(2)20-14-9-17-8-13(18-14)19-15(10-16)6-4-12(3)5-7-15/h8-9,11-12H,4-7,10H2,1-3H3,(H,18,19). The minimum Gasteiger partial charge on any atom is -0.474 e. The first-order valence-electron chi connectivity index (χ1n) is 7.36. The Hall–Kier alpha value is -1.03. The second-order valence-electron chi connectivity index (χ2n) is 6.13. The van der Waals surface area contributed by atoms with Crippen LogP contribution in [0.1, 0.15) is 46.5 Å². The van der Waals surface area contributed by atoms with Gasteiger partial charge in [0.15, 0.2) is 0 Å². The van der Waals surface area contributed by atoms with Gasteiger partial charge >= 0.3 is 0 Å². The van der Waals surface area contributed by atoms with Crippen LogP contribution in [0, 0.1) is 5.92 Å². The highest BCUT2D eigenvalue weighted by Gasteiger charge is 2.33. The topological polar surface area (TPSA) is 47.0 Å². The van der Waals surface area contributed by atoms with Gasteiger partial charge < -0.3 is 10.1 Å². The minimum atomic E-state index is -0.0563. The number of nitrogens with one attached hydrogen (secondary N) is 1. The van der Waals surface area contributed by atoms with Crippen LogP contribution in [-0.4, -0.2) is 27.5 Å². The van der Waals surface area contributed by atoms with Crippen molar-refractivity contribution in [2.75, 3.05) is 11.2 Å². The molecule has 1 N–H and O–H groups in total. The summed E-state index contributed by atoms with van der Waals surface area (Å²) < 4.78 is 5.58. The summed E-state index contributed by atoms with van der Waals surface area (Å²) in [5, 5.41) is 3.49. The van der Waals surface area contributed by atoms with Crippen LogP contribution in [0.3, 0.4) is 0 Å². The van der Waals surface area contributed by atoms with Crippen LogP contribution in [0.15, 0.2) is 12.4 Å². The Morgan fingerprint density at radius 3 is 2.70 bits per heavy atom. The number of hydrogen-bond acceptors (Lipinski definition) is 4. The highest BCUT2D eigenvalue weighted by Crippen LogP contribution is 2.35. The largest absolute Gasteiger partial charge is 0.474 e. The Morgan fingerprint density at radius 2 is 2.10 bits per heavy atom. The zero-order chi connectivity index (χ0) is 14.6. The van der Waals surface area contributed by atoms with E-state index in [9.17, 15) is 0 Å². The van der Waals surface area contributed by atoms with Gasteiger partial charge in [-0.2, -0.15) is 4.98 Å². The first kappa shape index (κ1) is 15.4. The summed E-state index contributed by atoms with van der Waals surface area (Å²) in [6, 6.07) is 0. The van der Waals surface area contributed by atoms with Crippen molar-refractivity contribution in [1.82, 2.24) is 9.97 Å². The molecular formula is C15H24ClN3O. The summed E-state index contributed by atoms with van der Waals surface area (Å²) in [6.45, 7) is 6.25. The zero-order valence-corrected chi connectivity index (χ0v) is 13.3. The number of nitrogens with zero attached hydrogens (tertiary/aromatic N) is 2. The van der Waals surface area contributed by atoms with E-state index in [0.29, 0.717) is 11.8 Å². The van der Waals surface area contributed by atoms with Gasteiger partial charge in [0.2, 0.25) is 5.88 Å². The van der Waals surface area contributed by atoms with Crippen molar-refractivity contribution in [3.05, 3.63) is 12.4 Å². The molecule has 0 bridgehead atoms. The zero-order valence-electron chi connectivity index (χ0n) is 12.5. The fraction of sp³-hybridized carbons (Fsp3) is 0.733. The van der Waals surface area contributed by atoms with E-state index in [0.717, 1.165) is 24.6 Å². The smallest absolute Gasteiger partial charge is 0.234 e. The highest BCUT2D eigenvalue weighted by atomic mass is 35.5. The lowest BCUT2D eigenvalue weighted by Crippen LogP contribution is -2.43. The summed E-state index contributed by atoms with van der Waals surface area (Å²) in [5.41, 5.74) is -0.0563. The number of halogens is 1. The van der Waals surface area contributed by atoms with E-state index in [1.54, 1.807) is 12.4 Å².